The van der Waals surface area contributed by atoms with Crippen LogP contribution >= 0.6 is 23.1 Å². The topological polar surface area (TPSA) is 51.2 Å². The number of thioether (sulfide) groups is 1. The van der Waals surface area contributed by atoms with E-state index in [-0.39, 0.29) is 5.91 Å². The van der Waals surface area contributed by atoms with Gasteiger partial charge in [-0.1, -0.05) is 24.3 Å². The summed E-state index contributed by atoms with van der Waals surface area (Å²) in [4.78, 5) is 17.9. The zero-order chi connectivity index (χ0) is 17.6. The van der Waals surface area contributed by atoms with Crippen LogP contribution in [-0.4, -0.2) is 24.3 Å². The van der Waals surface area contributed by atoms with E-state index in [9.17, 15) is 4.79 Å². The number of carbonyl (C=O) groups is 1. The van der Waals surface area contributed by atoms with Gasteiger partial charge in [0.2, 0.25) is 5.91 Å². The number of amides is 1. The summed E-state index contributed by atoms with van der Waals surface area (Å²) in [5, 5.41) is 5.43. The Morgan fingerprint density at radius 3 is 2.52 bits per heavy atom. The summed E-state index contributed by atoms with van der Waals surface area (Å²) in [6.07, 6.45) is 2.36. The van der Waals surface area contributed by atoms with E-state index in [2.05, 4.69) is 22.4 Å². The van der Waals surface area contributed by atoms with Crippen molar-refractivity contribution >= 4 is 34.1 Å². The summed E-state index contributed by atoms with van der Waals surface area (Å²) in [7, 11) is 1.62. The van der Waals surface area contributed by atoms with Crippen molar-refractivity contribution in [1.82, 2.24) is 4.98 Å². The number of ether oxygens (including phenoxy) is 1. The number of thiazole rings is 1. The van der Waals surface area contributed by atoms with Crippen molar-refractivity contribution in [3.05, 3.63) is 59.5 Å². The van der Waals surface area contributed by atoms with E-state index < -0.39 is 0 Å². The summed E-state index contributed by atoms with van der Waals surface area (Å²) in [6.45, 7) is 0. The molecule has 0 saturated carbocycles. The summed E-state index contributed by atoms with van der Waals surface area (Å²) in [6, 6.07) is 15.7. The Morgan fingerprint density at radius 2 is 1.88 bits per heavy atom. The van der Waals surface area contributed by atoms with Crippen molar-refractivity contribution in [3.8, 4) is 17.0 Å². The van der Waals surface area contributed by atoms with Gasteiger partial charge in [0.25, 0.3) is 0 Å². The van der Waals surface area contributed by atoms with E-state index in [0.29, 0.717) is 11.6 Å². The Morgan fingerprint density at radius 1 is 1.16 bits per heavy atom. The molecule has 0 aliphatic rings. The molecular formula is C19H18N2O2S2. The lowest BCUT2D eigenvalue weighted by molar-refractivity contribution is -0.115. The van der Waals surface area contributed by atoms with Crippen LogP contribution in [0.1, 0.15) is 5.56 Å². The molecule has 0 atom stereocenters. The highest BCUT2D eigenvalue weighted by Crippen LogP contribution is 2.26. The van der Waals surface area contributed by atoms with Gasteiger partial charge in [0.1, 0.15) is 5.75 Å². The van der Waals surface area contributed by atoms with Gasteiger partial charge in [0.05, 0.1) is 19.2 Å². The second kappa shape index (κ2) is 8.18. The molecule has 2 aromatic carbocycles. The maximum absolute atomic E-state index is 12.2. The molecule has 0 bridgehead atoms. The van der Waals surface area contributed by atoms with Gasteiger partial charge in [-0.15, -0.1) is 23.1 Å². The Kier molecular flexibility index (Phi) is 5.73. The zero-order valence-corrected chi connectivity index (χ0v) is 15.6. The first-order valence-corrected chi connectivity index (χ1v) is 9.81. The number of hydrogen-bond donors (Lipinski definition) is 1. The van der Waals surface area contributed by atoms with E-state index in [0.717, 1.165) is 22.6 Å². The number of aromatic nitrogens is 1. The van der Waals surface area contributed by atoms with Crippen molar-refractivity contribution in [1.29, 1.82) is 0 Å². The molecule has 6 heteroatoms. The van der Waals surface area contributed by atoms with Crippen LogP contribution in [0.4, 0.5) is 5.13 Å². The van der Waals surface area contributed by atoms with Gasteiger partial charge < -0.3 is 10.1 Å². The third-order valence-electron chi connectivity index (χ3n) is 3.66. The average molecular weight is 370 g/mol. The minimum Gasteiger partial charge on any atom is -0.497 e. The van der Waals surface area contributed by atoms with Gasteiger partial charge in [0.15, 0.2) is 5.13 Å². The quantitative estimate of drug-likeness (QED) is 0.638. The lowest BCUT2D eigenvalue weighted by atomic mass is 10.1. The van der Waals surface area contributed by atoms with Gasteiger partial charge >= 0.3 is 0 Å². The van der Waals surface area contributed by atoms with Gasteiger partial charge in [-0.25, -0.2) is 4.98 Å². The first kappa shape index (κ1) is 17.5. The van der Waals surface area contributed by atoms with Crippen LogP contribution in [-0.2, 0) is 11.2 Å². The minimum absolute atomic E-state index is 0.0798. The summed E-state index contributed by atoms with van der Waals surface area (Å²) in [5.41, 5.74) is 2.85. The van der Waals surface area contributed by atoms with E-state index in [1.54, 1.807) is 18.9 Å². The third kappa shape index (κ3) is 4.61. The van der Waals surface area contributed by atoms with Gasteiger partial charge in [-0.2, -0.15) is 0 Å². The number of benzene rings is 2. The highest BCUT2D eigenvalue weighted by molar-refractivity contribution is 7.98. The maximum Gasteiger partial charge on any atom is 0.230 e. The zero-order valence-electron chi connectivity index (χ0n) is 14.0. The molecule has 1 amide bonds. The first-order valence-electron chi connectivity index (χ1n) is 7.70. The number of carbonyl (C=O) groups excluding carboxylic acids is 1. The molecule has 0 saturated heterocycles. The molecule has 1 N–H and O–H groups in total. The van der Waals surface area contributed by atoms with Crippen LogP contribution in [0.15, 0.2) is 58.8 Å². The van der Waals surface area contributed by atoms with Crippen molar-refractivity contribution < 1.29 is 9.53 Å². The molecule has 25 heavy (non-hydrogen) atoms. The number of nitrogens with zero attached hydrogens (tertiary/aromatic N) is 1. The van der Waals surface area contributed by atoms with Crippen LogP contribution < -0.4 is 10.1 Å². The lowest BCUT2D eigenvalue weighted by Gasteiger charge is -2.04. The molecule has 1 heterocycles. The van der Waals surface area contributed by atoms with Gasteiger partial charge in [0, 0.05) is 15.8 Å². The predicted molar refractivity (Wildman–Crippen MR) is 105 cm³/mol. The second-order valence-corrected chi connectivity index (χ2v) is 7.08. The maximum atomic E-state index is 12.2. The Bertz CT molecular complexity index is 843. The normalized spacial score (nSPS) is 10.5. The Hall–Kier alpha value is -2.31. The highest BCUT2D eigenvalue weighted by atomic mass is 32.2. The molecule has 3 aromatic rings. The highest BCUT2D eigenvalue weighted by Gasteiger charge is 2.09. The summed E-state index contributed by atoms with van der Waals surface area (Å²) < 4.78 is 5.12. The molecule has 0 radical (unpaired) electrons. The number of rotatable bonds is 6. The second-order valence-electron chi connectivity index (χ2n) is 5.34. The molecule has 0 unspecified atom stereocenters. The summed E-state index contributed by atoms with van der Waals surface area (Å²) in [5.74, 6) is 0.699. The fourth-order valence-corrected chi connectivity index (χ4v) is 3.46. The van der Waals surface area contributed by atoms with Gasteiger partial charge in [-0.3, -0.25) is 4.79 Å². The Labute approximate surface area is 155 Å². The van der Waals surface area contributed by atoms with Crippen molar-refractivity contribution in [2.75, 3.05) is 18.7 Å². The lowest BCUT2D eigenvalue weighted by Crippen LogP contribution is -2.14. The van der Waals surface area contributed by atoms with Crippen LogP contribution in [0.3, 0.4) is 0 Å². The smallest absolute Gasteiger partial charge is 0.230 e. The van der Waals surface area contributed by atoms with E-state index >= 15 is 0 Å². The van der Waals surface area contributed by atoms with Crippen molar-refractivity contribution in [3.63, 3.8) is 0 Å². The molecule has 0 fully saturated rings. The van der Waals surface area contributed by atoms with E-state index in [4.69, 9.17) is 4.74 Å². The molecule has 1 aromatic heterocycles. The standard InChI is InChI=1S/C19H18N2O2S2/c1-23-15-7-3-13(4-8-15)11-18(22)21-19-20-17(12-25-19)14-5-9-16(24-2)10-6-14/h3-10,12H,11H2,1-2H3,(H,20,21,22). The number of anilines is 1. The third-order valence-corrected chi connectivity index (χ3v) is 5.16. The summed E-state index contributed by atoms with van der Waals surface area (Å²) >= 11 is 3.14. The molecular weight excluding hydrogens is 352 g/mol. The molecule has 3 rings (SSSR count). The predicted octanol–water partition coefficient (Wildman–Crippen LogP) is 4.72. The monoisotopic (exact) mass is 370 g/mol. The van der Waals surface area contributed by atoms with Crippen LogP contribution in [0.25, 0.3) is 11.3 Å². The van der Waals surface area contributed by atoms with Crippen molar-refractivity contribution in [2.24, 2.45) is 0 Å². The SMILES string of the molecule is COc1ccc(CC(=O)Nc2nc(-c3ccc(SC)cc3)cs2)cc1. The number of nitrogens with one attached hydrogen (secondary N) is 1. The fourth-order valence-electron chi connectivity index (χ4n) is 2.32. The minimum atomic E-state index is -0.0798. The number of hydrogen-bond acceptors (Lipinski definition) is 5. The first-order chi connectivity index (χ1) is 12.2. The van der Waals surface area contributed by atoms with E-state index in [1.165, 1.54) is 16.2 Å². The van der Waals surface area contributed by atoms with Crippen LogP contribution in [0.2, 0.25) is 0 Å². The molecule has 4 nitrogen and oxygen atoms in total. The van der Waals surface area contributed by atoms with Crippen molar-refractivity contribution in [2.45, 2.75) is 11.3 Å². The number of methoxy groups -OCH3 is 1. The molecule has 128 valence electrons. The van der Waals surface area contributed by atoms with E-state index in [1.807, 2.05) is 48.0 Å². The Balaban J connectivity index is 1.62. The average Bonchev–Trinajstić information content (AvgIpc) is 3.10. The fraction of sp³-hybridized carbons (Fsp3) is 0.158. The molecule has 0 aliphatic carbocycles. The molecule has 0 aliphatic heterocycles. The largest absolute Gasteiger partial charge is 0.497 e. The van der Waals surface area contributed by atoms with Gasteiger partial charge in [-0.05, 0) is 36.1 Å². The van der Waals surface area contributed by atoms with Crippen LogP contribution in [0, 0.1) is 0 Å². The molecule has 0 spiro atoms. The van der Waals surface area contributed by atoms with Crippen LogP contribution in [0.5, 0.6) is 5.75 Å².